The average Bonchev–Trinajstić information content (AvgIpc) is 2.10. The second-order valence-electron chi connectivity index (χ2n) is 4.06. The van der Waals surface area contributed by atoms with Crippen LogP contribution in [0.4, 0.5) is 0 Å². The summed E-state index contributed by atoms with van der Waals surface area (Å²) >= 11 is 0. The molecule has 0 saturated carbocycles. The molecule has 2 unspecified atom stereocenters. The fourth-order valence-electron chi connectivity index (χ4n) is 1.08. The van der Waals surface area contributed by atoms with Gasteiger partial charge in [-0.05, 0) is 46.4 Å². The summed E-state index contributed by atoms with van der Waals surface area (Å²) in [5.74, 6) is 0.347. The molecule has 0 fully saturated rings. The first-order valence-corrected chi connectivity index (χ1v) is 5.07. The van der Waals surface area contributed by atoms with E-state index in [0.29, 0.717) is 12.0 Å². The first-order chi connectivity index (χ1) is 6.07. The third kappa shape index (κ3) is 6.99. The molecule has 0 aromatic carbocycles. The number of nitrogens with zero attached hydrogens (tertiary/aromatic N) is 1. The fourth-order valence-corrected chi connectivity index (χ4v) is 1.08. The van der Waals surface area contributed by atoms with Crippen molar-refractivity contribution < 1.29 is 5.11 Å². The van der Waals surface area contributed by atoms with Gasteiger partial charge < -0.3 is 15.3 Å². The molecule has 0 spiro atoms. The van der Waals surface area contributed by atoms with Gasteiger partial charge in [0.15, 0.2) is 0 Å². The van der Waals surface area contributed by atoms with Crippen LogP contribution in [0.3, 0.4) is 0 Å². The van der Waals surface area contributed by atoms with E-state index in [2.05, 4.69) is 38.2 Å². The minimum absolute atomic E-state index is 0.266. The Bertz CT molecular complexity index is 117. The van der Waals surface area contributed by atoms with Crippen LogP contribution in [0, 0.1) is 5.92 Å². The molecule has 0 radical (unpaired) electrons. The lowest BCUT2D eigenvalue weighted by Gasteiger charge is -2.19. The van der Waals surface area contributed by atoms with E-state index in [-0.39, 0.29) is 6.61 Å². The Morgan fingerprint density at radius 3 is 2.38 bits per heavy atom. The number of aliphatic hydroxyl groups excluding tert-OH is 1. The van der Waals surface area contributed by atoms with Crippen molar-refractivity contribution in [1.29, 1.82) is 0 Å². The van der Waals surface area contributed by atoms with Crippen LogP contribution in [-0.2, 0) is 0 Å². The highest BCUT2D eigenvalue weighted by Crippen LogP contribution is 2.00. The summed E-state index contributed by atoms with van der Waals surface area (Å²) in [4.78, 5) is 2.18. The Morgan fingerprint density at radius 2 is 1.92 bits per heavy atom. The largest absolute Gasteiger partial charge is 0.396 e. The van der Waals surface area contributed by atoms with Crippen molar-refractivity contribution in [1.82, 2.24) is 10.2 Å². The smallest absolute Gasteiger partial charge is 0.0471 e. The molecule has 0 amide bonds. The van der Waals surface area contributed by atoms with Gasteiger partial charge in [0, 0.05) is 12.6 Å². The standard InChI is InChI=1S/C10H24N2O/c1-9(8-13)10(2)11-6-5-7-12(3)4/h9-11,13H,5-8H2,1-4H3. The number of hydrogen-bond donors (Lipinski definition) is 2. The molecular formula is C10H24N2O. The summed E-state index contributed by atoms with van der Waals surface area (Å²) in [5, 5.41) is 12.3. The summed E-state index contributed by atoms with van der Waals surface area (Å²) in [6, 6.07) is 0.409. The quantitative estimate of drug-likeness (QED) is 0.573. The Hall–Kier alpha value is -0.120. The van der Waals surface area contributed by atoms with E-state index >= 15 is 0 Å². The van der Waals surface area contributed by atoms with Crippen LogP contribution >= 0.6 is 0 Å². The van der Waals surface area contributed by atoms with Gasteiger partial charge in [0.1, 0.15) is 0 Å². The number of aliphatic hydroxyl groups is 1. The molecule has 80 valence electrons. The molecule has 3 nitrogen and oxygen atoms in total. The maximum absolute atomic E-state index is 8.90. The van der Waals surface area contributed by atoms with Gasteiger partial charge in [-0.2, -0.15) is 0 Å². The molecule has 0 saturated heterocycles. The second kappa shape index (κ2) is 7.30. The topological polar surface area (TPSA) is 35.5 Å². The Labute approximate surface area is 82.1 Å². The lowest BCUT2D eigenvalue weighted by atomic mass is 10.1. The summed E-state index contributed by atoms with van der Waals surface area (Å²) in [5.41, 5.74) is 0. The molecule has 0 aliphatic heterocycles. The van der Waals surface area contributed by atoms with Gasteiger partial charge in [0.05, 0.1) is 0 Å². The summed E-state index contributed by atoms with van der Waals surface area (Å²) in [6.45, 7) is 6.60. The summed E-state index contributed by atoms with van der Waals surface area (Å²) < 4.78 is 0. The minimum Gasteiger partial charge on any atom is -0.396 e. The highest BCUT2D eigenvalue weighted by Gasteiger charge is 2.08. The van der Waals surface area contributed by atoms with Crippen LogP contribution in [0.25, 0.3) is 0 Å². The Morgan fingerprint density at radius 1 is 1.31 bits per heavy atom. The SMILES string of the molecule is CC(CO)C(C)NCCCN(C)C. The molecule has 13 heavy (non-hydrogen) atoms. The van der Waals surface area contributed by atoms with E-state index in [1.165, 1.54) is 0 Å². The number of hydrogen-bond acceptors (Lipinski definition) is 3. The predicted molar refractivity (Wildman–Crippen MR) is 56.9 cm³/mol. The molecule has 0 aliphatic carbocycles. The van der Waals surface area contributed by atoms with Crippen LogP contribution in [0.2, 0.25) is 0 Å². The summed E-state index contributed by atoms with van der Waals surface area (Å²) in [6.07, 6.45) is 1.16. The van der Waals surface area contributed by atoms with E-state index in [9.17, 15) is 0 Å². The highest BCUT2D eigenvalue weighted by molar-refractivity contribution is 4.67. The van der Waals surface area contributed by atoms with E-state index in [1.54, 1.807) is 0 Å². The molecule has 0 bridgehead atoms. The van der Waals surface area contributed by atoms with Crippen molar-refractivity contribution in [2.45, 2.75) is 26.3 Å². The molecule has 0 aromatic rings. The molecule has 0 aliphatic rings. The normalized spacial score (nSPS) is 16.2. The maximum atomic E-state index is 8.90. The monoisotopic (exact) mass is 188 g/mol. The number of rotatable bonds is 7. The number of nitrogens with one attached hydrogen (secondary N) is 1. The van der Waals surface area contributed by atoms with Gasteiger partial charge >= 0.3 is 0 Å². The molecule has 2 atom stereocenters. The van der Waals surface area contributed by atoms with Crippen molar-refractivity contribution in [3.8, 4) is 0 Å². The van der Waals surface area contributed by atoms with Crippen LogP contribution in [0.5, 0.6) is 0 Å². The average molecular weight is 188 g/mol. The highest BCUT2D eigenvalue weighted by atomic mass is 16.3. The van der Waals surface area contributed by atoms with E-state index in [4.69, 9.17) is 5.11 Å². The zero-order valence-corrected chi connectivity index (χ0v) is 9.38. The van der Waals surface area contributed by atoms with E-state index < -0.39 is 0 Å². The third-order valence-corrected chi connectivity index (χ3v) is 2.39. The Kier molecular flexibility index (Phi) is 7.23. The van der Waals surface area contributed by atoms with Crippen molar-refractivity contribution in [2.75, 3.05) is 33.8 Å². The zero-order chi connectivity index (χ0) is 10.3. The van der Waals surface area contributed by atoms with Gasteiger partial charge in [-0.25, -0.2) is 0 Å². The first kappa shape index (κ1) is 12.9. The van der Waals surface area contributed by atoms with E-state index in [1.807, 2.05) is 0 Å². The van der Waals surface area contributed by atoms with Gasteiger partial charge in [0.2, 0.25) is 0 Å². The predicted octanol–water partition coefficient (Wildman–Crippen LogP) is 0.545. The Balaban J connectivity index is 3.31. The maximum Gasteiger partial charge on any atom is 0.0471 e. The van der Waals surface area contributed by atoms with Gasteiger partial charge in [0.25, 0.3) is 0 Å². The lowest BCUT2D eigenvalue weighted by Crippen LogP contribution is -2.35. The van der Waals surface area contributed by atoms with Crippen molar-refractivity contribution in [2.24, 2.45) is 5.92 Å². The minimum atomic E-state index is 0.266. The molecule has 0 rings (SSSR count). The van der Waals surface area contributed by atoms with Crippen LogP contribution in [-0.4, -0.2) is 49.8 Å². The molecule has 2 N–H and O–H groups in total. The zero-order valence-electron chi connectivity index (χ0n) is 9.38. The third-order valence-electron chi connectivity index (χ3n) is 2.39. The van der Waals surface area contributed by atoms with Crippen LogP contribution in [0.1, 0.15) is 20.3 Å². The van der Waals surface area contributed by atoms with Crippen LogP contribution in [0.15, 0.2) is 0 Å². The van der Waals surface area contributed by atoms with E-state index in [0.717, 1.165) is 19.5 Å². The first-order valence-electron chi connectivity index (χ1n) is 5.07. The van der Waals surface area contributed by atoms with Gasteiger partial charge in [-0.3, -0.25) is 0 Å². The van der Waals surface area contributed by atoms with Gasteiger partial charge in [-0.15, -0.1) is 0 Å². The fraction of sp³-hybridized carbons (Fsp3) is 1.00. The van der Waals surface area contributed by atoms with Crippen LogP contribution < -0.4 is 5.32 Å². The molecule has 0 heterocycles. The van der Waals surface area contributed by atoms with Crippen molar-refractivity contribution in [3.05, 3.63) is 0 Å². The van der Waals surface area contributed by atoms with Crippen molar-refractivity contribution >= 4 is 0 Å². The second-order valence-corrected chi connectivity index (χ2v) is 4.06. The van der Waals surface area contributed by atoms with Crippen molar-refractivity contribution in [3.63, 3.8) is 0 Å². The summed E-state index contributed by atoms with van der Waals surface area (Å²) in [7, 11) is 4.17. The molecule has 0 aromatic heterocycles. The molecule has 3 heteroatoms. The van der Waals surface area contributed by atoms with Gasteiger partial charge in [-0.1, -0.05) is 6.92 Å². The lowest BCUT2D eigenvalue weighted by molar-refractivity contribution is 0.207. The molecular weight excluding hydrogens is 164 g/mol.